The maximum absolute atomic E-state index is 12.7. The lowest BCUT2D eigenvalue weighted by atomic mass is 9.67. The number of likely N-dealkylation sites (tertiary alicyclic amines) is 1. The van der Waals surface area contributed by atoms with E-state index in [9.17, 15) is 9.59 Å². The van der Waals surface area contributed by atoms with Crippen LogP contribution in [0.2, 0.25) is 0 Å². The number of ether oxygens (including phenoxy) is 1. The second-order valence-corrected chi connectivity index (χ2v) is 7.59. The summed E-state index contributed by atoms with van der Waals surface area (Å²) in [6.45, 7) is 3.01. The topological polar surface area (TPSA) is 96.5 Å². The minimum atomic E-state index is -0.192. The zero-order valence-corrected chi connectivity index (χ0v) is 16.5. The maximum Gasteiger partial charge on any atom is 0.302 e. The third-order valence-electron chi connectivity index (χ3n) is 5.88. The summed E-state index contributed by atoms with van der Waals surface area (Å²) in [5.74, 6) is -0.140. The molecule has 1 saturated carbocycles. The molecular formula is C20H28ClN3O3. The molecule has 0 radical (unpaired) electrons. The molecule has 27 heavy (non-hydrogen) atoms. The average molecular weight is 394 g/mol. The van der Waals surface area contributed by atoms with Crippen molar-refractivity contribution >= 4 is 30.1 Å². The fourth-order valence-electron chi connectivity index (χ4n) is 4.22. The molecule has 148 valence electrons. The number of nitrogen functional groups attached to an aromatic ring is 1. The highest BCUT2D eigenvalue weighted by molar-refractivity contribution is 5.98. The number of nitrogens with one attached hydrogen (secondary N) is 1. The van der Waals surface area contributed by atoms with Crippen LogP contribution >= 0.6 is 12.4 Å². The zero-order chi connectivity index (χ0) is 18.7. The van der Waals surface area contributed by atoms with Gasteiger partial charge in [-0.25, -0.2) is 0 Å². The van der Waals surface area contributed by atoms with Crippen LogP contribution in [-0.2, 0) is 9.53 Å². The Labute approximate surface area is 166 Å². The quantitative estimate of drug-likeness (QED) is 0.468. The van der Waals surface area contributed by atoms with E-state index in [1.165, 1.54) is 6.92 Å². The van der Waals surface area contributed by atoms with Crippen molar-refractivity contribution in [3.63, 3.8) is 0 Å². The number of nitrogens with two attached hydrogens (primary N) is 1. The smallest absolute Gasteiger partial charge is 0.302 e. The van der Waals surface area contributed by atoms with Crippen LogP contribution in [0.5, 0.6) is 0 Å². The van der Waals surface area contributed by atoms with Gasteiger partial charge in [-0.15, -0.1) is 12.4 Å². The number of amidine groups is 1. The predicted molar refractivity (Wildman–Crippen MR) is 106 cm³/mol. The summed E-state index contributed by atoms with van der Waals surface area (Å²) in [6.07, 6.45) is 6.09. The number of carbonyl (C=O) groups excluding carboxylic acids is 2. The molecule has 6 nitrogen and oxygen atoms in total. The van der Waals surface area contributed by atoms with Gasteiger partial charge < -0.3 is 15.4 Å². The van der Waals surface area contributed by atoms with Gasteiger partial charge in [0.1, 0.15) is 11.9 Å². The highest BCUT2D eigenvalue weighted by atomic mass is 35.5. The van der Waals surface area contributed by atoms with Gasteiger partial charge >= 0.3 is 5.97 Å². The van der Waals surface area contributed by atoms with Crippen LogP contribution in [-0.4, -0.2) is 41.8 Å². The van der Waals surface area contributed by atoms with Gasteiger partial charge in [-0.1, -0.05) is 12.1 Å². The molecule has 1 saturated heterocycles. The van der Waals surface area contributed by atoms with Crippen molar-refractivity contribution in [3.8, 4) is 0 Å². The third kappa shape index (κ3) is 5.01. The van der Waals surface area contributed by atoms with Gasteiger partial charge in [0, 0.05) is 31.1 Å². The molecule has 0 atom stereocenters. The van der Waals surface area contributed by atoms with E-state index in [4.69, 9.17) is 15.9 Å². The Hall–Kier alpha value is -2.08. The van der Waals surface area contributed by atoms with E-state index >= 15 is 0 Å². The summed E-state index contributed by atoms with van der Waals surface area (Å²) in [7, 11) is 0. The molecule has 1 aliphatic heterocycles. The van der Waals surface area contributed by atoms with E-state index in [0.717, 1.165) is 51.6 Å². The van der Waals surface area contributed by atoms with E-state index in [-0.39, 0.29) is 36.2 Å². The Morgan fingerprint density at radius 2 is 1.59 bits per heavy atom. The highest BCUT2D eigenvalue weighted by Gasteiger charge is 2.39. The molecule has 1 heterocycles. The molecule has 0 aromatic heterocycles. The fraction of sp³-hybridized carbons (Fsp3) is 0.550. The van der Waals surface area contributed by atoms with Gasteiger partial charge in [0.05, 0.1) is 0 Å². The van der Waals surface area contributed by atoms with Crippen LogP contribution in [0.15, 0.2) is 24.3 Å². The molecule has 2 fully saturated rings. The first-order valence-corrected chi connectivity index (χ1v) is 9.29. The number of halogens is 1. The van der Waals surface area contributed by atoms with Crippen molar-refractivity contribution in [2.24, 2.45) is 11.1 Å². The number of piperidine rings is 1. The first kappa shape index (κ1) is 21.2. The summed E-state index contributed by atoms with van der Waals surface area (Å²) in [5, 5.41) is 7.43. The second-order valence-electron chi connectivity index (χ2n) is 7.59. The summed E-state index contributed by atoms with van der Waals surface area (Å²) in [6, 6.07) is 6.93. The monoisotopic (exact) mass is 393 g/mol. The molecule has 2 aliphatic rings. The first-order chi connectivity index (χ1) is 12.4. The maximum atomic E-state index is 12.7. The highest BCUT2D eigenvalue weighted by Crippen LogP contribution is 2.45. The first-order valence-electron chi connectivity index (χ1n) is 9.29. The number of rotatable bonds is 3. The molecule has 1 amide bonds. The summed E-state index contributed by atoms with van der Waals surface area (Å²) < 4.78 is 5.34. The Morgan fingerprint density at radius 1 is 1.07 bits per heavy atom. The molecule has 1 aliphatic carbocycles. The minimum absolute atomic E-state index is 0. The molecule has 0 unspecified atom stereocenters. The number of carbonyl (C=O) groups is 2. The van der Waals surface area contributed by atoms with Gasteiger partial charge in [0.15, 0.2) is 0 Å². The lowest BCUT2D eigenvalue weighted by Gasteiger charge is -2.45. The number of hydrogen-bond donors (Lipinski definition) is 2. The normalized spacial score (nSPS) is 19.2. The number of amides is 1. The summed E-state index contributed by atoms with van der Waals surface area (Å²) >= 11 is 0. The Morgan fingerprint density at radius 3 is 2.07 bits per heavy atom. The molecule has 7 heteroatoms. The molecule has 3 rings (SSSR count). The van der Waals surface area contributed by atoms with Crippen molar-refractivity contribution < 1.29 is 14.3 Å². The molecule has 0 bridgehead atoms. The standard InChI is InChI=1S/C20H27N3O3.ClH/c1-14(24)26-17-6-8-20(9-7-17)10-12-23(13-11-20)19(25)16-4-2-15(3-5-16)18(21)22;/h2-5,17H,6-13H2,1H3,(H3,21,22);1H. The number of esters is 1. The van der Waals surface area contributed by atoms with Gasteiger partial charge in [-0.05, 0) is 56.1 Å². The fourth-order valence-corrected chi connectivity index (χ4v) is 4.22. The summed E-state index contributed by atoms with van der Waals surface area (Å²) in [4.78, 5) is 25.7. The molecule has 3 N–H and O–H groups in total. The van der Waals surface area contributed by atoms with Crippen molar-refractivity contribution in [2.45, 2.75) is 51.6 Å². The van der Waals surface area contributed by atoms with Gasteiger partial charge in [-0.2, -0.15) is 0 Å². The Kier molecular flexibility index (Phi) is 6.87. The number of benzene rings is 1. The summed E-state index contributed by atoms with van der Waals surface area (Å²) in [5.41, 5.74) is 7.03. The Bertz CT molecular complexity index is 687. The molecule has 1 aromatic carbocycles. The van der Waals surface area contributed by atoms with Crippen molar-refractivity contribution in [1.82, 2.24) is 4.90 Å². The van der Waals surface area contributed by atoms with E-state index < -0.39 is 0 Å². The van der Waals surface area contributed by atoms with Crippen LogP contribution in [0.3, 0.4) is 0 Å². The molecular weight excluding hydrogens is 366 g/mol. The van der Waals surface area contributed by atoms with Crippen LogP contribution < -0.4 is 5.73 Å². The third-order valence-corrected chi connectivity index (χ3v) is 5.88. The van der Waals surface area contributed by atoms with Crippen molar-refractivity contribution in [1.29, 1.82) is 5.41 Å². The zero-order valence-electron chi connectivity index (χ0n) is 15.7. The van der Waals surface area contributed by atoms with Crippen molar-refractivity contribution in [2.75, 3.05) is 13.1 Å². The van der Waals surface area contributed by atoms with Crippen molar-refractivity contribution in [3.05, 3.63) is 35.4 Å². The lowest BCUT2D eigenvalue weighted by Crippen LogP contribution is -2.45. The van der Waals surface area contributed by atoms with E-state index in [2.05, 4.69) is 0 Å². The van der Waals surface area contributed by atoms with E-state index in [1.54, 1.807) is 24.3 Å². The largest absolute Gasteiger partial charge is 0.463 e. The average Bonchev–Trinajstić information content (AvgIpc) is 2.64. The predicted octanol–water partition coefficient (Wildman–Crippen LogP) is 3.12. The second kappa shape index (κ2) is 8.74. The van der Waals surface area contributed by atoms with Gasteiger partial charge in [-0.3, -0.25) is 15.0 Å². The van der Waals surface area contributed by atoms with Crippen LogP contribution in [0, 0.1) is 10.8 Å². The number of hydrogen-bond acceptors (Lipinski definition) is 4. The van der Waals surface area contributed by atoms with Gasteiger partial charge in [0.25, 0.3) is 5.91 Å². The van der Waals surface area contributed by atoms with Crippen LogP contribution in [0.25, 0.3) is 0 Å². The van der Waals surface area contributed by atoms with E-state index in [1.807, 2.05) is 4.90 Å². The molecule has 1 spiro atoms. The van der Waals surface area contributed by atoms with Crippen LogP contribution in [0.1, 0.15) is 61.4 Å². The van der Waals surface area contributed by atoms with Gasteiger partial charge in [0.2, 0.25) is 0 Å². The van der Waals surface area contributed by atoms with Crippen LogP contribution in [0.4, 0.5) is 0 Å². The SMILES string of the molecule is CC(=O)OC1CCC2(CC1)CCN(C(=O)c1ccc(C(=N)N)cc1)CC2.Cl. The lowest BCUT2D eigenvalue weighted by molar-refractivity contribution is -0.149. The van der Waals surface area contributed by atoms with E-state index in [0.29, 0.717) is 16.5 Å². The minimum Gasteiger partial charge on any atom is -0.463 e. The molecule has 1 aromatic rings. The number of nitrogens with zero attached hydrogens (tertiary/aromatic N) is 1. The Balaban J connectivity index is 0.00000261.